The second-order valence-corrected chi connectivity index (χ2v) is 9.45. The number of hydrogen-bond donors (Lipinski definition) is 0. The third-order valence-electron chi connectivity index (χ3n) is 5.85. The van der Waals surface area contributed by atoms with Crippen LogP contribution >= 0.6 is 11.3 Å². The molecule has 0 saturated carbocycles. The number of ether oxygens (including phenoxy) is 3. The average molecular weight is 538 g/mol. The quantitative estimate of drug-likeness (QED) is 0.169. The van der Waals surface area contributed by atoms with Gasteiger partial charge in [-0.2, -0.15) is 0 Å². The van der Waals surface area contributed by atoms with E-state index in [4.69, 9.17) is 14.2 Å². The first kappa shape index (κ1) is 27.0. The molecule has 0 N–H and O–H groups in total. The predicted octanol–water partition coefficient (Wildman–Crippen LogP) is 3.12. The van der Waals surface area contributed by atoms with E-state index in [2.05, 4.69) is 4.99 Å². The van der Waals surface area contributed by atoms with Crippen molar-refractivity contribution in [1.82, 2.24) is 4.57 Å². The summed E-state index contributed by atoms with van der Waals surface area (Å²) < 4.78 is 17.8. The van der Waals surface area contributed by atoms with Crippen molar-refractivity contribution in [2.24, 2.45) is 4.99 Å². The van der Waals surface area contributed by atoms with Gasteiger partial charge in [0.15, 0.2) is 4.80 Å². The molecule has 10 nitrogen and oxygen atoms in total. The third kappa shape index (κ3) is 5.58. The molecule has 4 rings (SSSR count). The number of esters is 1. The van der Waals surface area contributed by atoms with Gasteiger partial charge in [-0.25, -0.2) is 9.79 Å². The highest BCUT2D eigenvalue weighted by Crippen LogP contribution is 2.31. The second kappa shape index (κ2) is 12.0. The van der Waals surface area contributed by atoms with Crippen LogP contribution in [-0.2, 0) is 14.3 Å². The molecule has 0 radical (unpaired) electrons. The van der Waals surface area contributed by atoms with Gasteiger partial charge in [-0.05, 0) is 43.2 Å². The Kier molecular flexibility index (Phi) is 8.49. The average Bonchev–Trinajstić information content (AvgIpc) is 3.21. The molecule has 0 spiro atoms. The van der Waals surface area contributed by atoms with E-state index in [9.17, 15) is 19.7 Å². The Bertz CT molecular complexity index is 1550. The van der Waals surface area contributed by atoms with E-state index in [0.717, 1.165) is 17.8 Å². The van der Waals surface area contributed by atoms with Gasteiger partial charge in [-0.1, -0.05) is 42.5 Å². The lowest BCUT2D eigenvalue weighted by Crippen LogP contribution is -2.40. The summed E-state index contributed by atoms with van der Waals surface area (Å²) in [4.78, 5) is 42.8. The van der Waals surface area contributed by atoms with E-state index in [0.29, 0.717) is 34.0 Å². The van der Waals surface area contributed by atoms with Gasteiger partial charge in [0.25, 0.3) is 11.2 Å². The molecule has 38 heavy (non-hydrogen) atoms. The largest absolute Gasteiger partial charge is 0.494 e. The maximum absolute atomic E-state index is 13.7. The summed E-state index contributed by atoms with van der Waals surface area (Å²) in [5.41, 5.74) is 1.08. The summed E-state index contributed by atoms with van der Waals surface area (Å²) in [6.07, 6.45) is 2.34. The number of fused-ring (bicyclic) bond motifs is 1. The molecular weight excluding hydrogens is 510 g/mol. The predicted molar refractivity (Wildman–Crippen MR) is 142 cm³/mol. The first-order valence-electron chi connectivity index (χ1n) is 12.0. The van der Waals surface area contributed by atoms with Crippen molar-refractivity contribution < 1.29 is 23.9 Å². The molecule has 0 saturated heterocycles. The van der Waals surface area contributed by atoms with Gasteiger partial charge in [0.05, 0.1) is 45.5 Å². The van der Waals surface area contributed by atoms with Gasteiger partial charge < -0.3 is 14.2 Å². The Labute approximate surface area is 222 Å². The number of carbonyl (C=O) groups excluding carboxylic acids is 1. The van der Waals surface area contributed by atoms with Gasteiger partial charge in [-0.3, -0.25) is 19.5 Å². The zero-order valence-electron chi connectivity index (χ0n) is 21.2. The SMILES string of the molecule is CCCOc1ccc(C2C(C(=O)OCCOC)=C(C)N=c3sc(=Cc4ccccc4[N+](=O)[O-])c(=O)n32)cc1. The summed E-state index contributed by atoms with van der Waals surface area (Å²) in [6, 6.07) is 12.6. The van der Waals surface area contributed by atoms with E-state index < -0.39 is 22.5 Å². The molecule has 2 heterocycles. The van der Waals surface area contributed by atoms with Crippen LogP contribution in [0.1, 0.15) is 37.4 Å². The normalized spacial score (nSPS) is 15.1. The van der Waals surface area contributed by atoms with Crippen molar-refractivity contribution in [2.75, 3.05) is 26.9 Å². The number of nitro groups is 1. The summed E-state index contributed by atoms with van der Waals surface area (Å²) in [7, 11) is 1.51. The number of methoxy groups -OCH3 is 1. The van der Waals surface area contributed by atoms with Crippen LogP contribution in [0.2, 0.25) is 0 Å². The van der Waals surface area contributed by atoms with Gasteiger partial charge >= 0.3 is 5.97 Å². The van der Waals surface area contributed by atoms with Crippen LogP contribution in [0, 0.1) is 10.1 Å². The van der Waals surface area contributed by atoms with Crippen molar-refractivity contribution in [3.05, 3.63) is 101 Å². The van der Waals surface area contributed by atoms with Gasteiger partial charge in [0.2, 0.25) is 0 Å². The maximum Gasteiger partial charge on any atom is 0.338 e. The number of rotatable bonds is 10. The number of allylic oxidation sites excluding steroid dienone is 1. The van der Waals surface area contributed by atoms with Crippen molar-refractivity contribution >= 4 is 29.1 Å². The Morgan fingerprint density at radius 1 is 1.16 bits per heavy atom. The van der Waals surface area contributed by atoms with Crippen molar-refractivity contribution in [3.8, 4) is 5.75 Å². The van der Waals surface area contributed by atoms with Crippen LogP contribution in [0.3, 0.4) is 0 Å². The monoisotopic (exact) mass is 537 g/mol. The Morgan fingerprint density at radius 3 is 2.58 bits per heavy atom. The van der Waals surface area contributed by atoms with Crippen LogP contribution < -0.4 is 19.6 Å². The van der Waals surface area contributed by atoms with E-state index in [1.807, 2.05) is 6.92 Å². The van der Waals surface area contributed by atoms with E-state index in [1.165, 1.54) is 23.8 Å². The van der Waals surface area contributed by atoms with Gasteiger partial charge in [0, 0.05) is 13.2 Å². The van der Waals surface area contributed by atoms with E-state index in [1.54, 1.807) is 49.4 Å². The highest BCUT2D eigenvalue weighted by atomic mass is 32.1. The number of benzene rings is 2. The van der Waals surface area contributed by atoms with Crippen molar-refractivity contribution in [2.45, 2.75) is 26.3 Å². The van der Waals surface area contributed by atoms with Gasteiger partial charge in [-0.15, -0.1) is 0 Å². The third-order valence-corrected chi connectivity index (χ3v) is 6.83. The molecule has 0 bridgehead atoms. The number of nitrogens with zero attached hydrogens (tertiary/aromatic N) is 3. The molecule has 1 atom stereocenters. The van der Waals surface area contributed by atoms with Crippen molar-refractivity contribution in [3.63, 3.8) is 0 Å². The fourth-order valence-electron chi connectivity index (χ4n) is 4.08. The Morgan fingerprint density at radius 2 is 1.89 bits per heavy atom. The smallest absolute Gasteiger partial charge is 0.338 e. The molecule has 1 unspecified atom stereocenters. The lowest BCUT2D eigenvalue weighted by atomic mass is 9.96. The number of para-hydroxylation sites is 1. The lowest BCUT2D eigenvalue weighted by Gasteiger charge is -2.25. The van der Waals surface area contributed by atoms with Gasteiger partial charge in [0.1, 0.15) is 12.4 Å². The molecule has 11 heteroatoms. The molecule has 0 aliphatic carbocycles. The molecule has 198 valence electrons. The molecule has 0 amide bonds. The second-order valence-electron chi connectivity index (χ2n) is 8.44. The first-order valence-corrected chi connectivity index (χ1v) is 12.8. The zero-order valence-corrected chi connectivity index (χ0v) is 22.0. The number of carbonyl (C=O) groups is 1. The summed E-state index contributed by atoms with van der Waals surface area (Å²) in [6.45, 7) is 4.54. The molecule has 1 aliphatic heterocycles. The van der Waals surface area contributed by atoms with Crippen LogP contribution in [0.5, 0.6) is 5.75 Å². The number of aromatic nitrogens is 1. The molecular formula is C27H27N3O7S. The number of thiazole rings is 1. The summed E-state index contributed by atoms with van der Waals surface area (Å²) >= 11 is 1.10. The number of hydrogen-bond acceptors (Lipinski definition) is 9. The molecule has 1 aliphatic rings. The first-order chi connectivity index (χ1) is 18.3. The van der Waals surface area contributed by atoms with Crippen LogP contribution in [0.25, 0.3) is 6.08 Å². The Hall–Kier alpha value is -4.09. The number of nitro benzene ring substituents is 1. The molecule has 2 aromatic carbocycles. The molecule has 0 fully saturated rings. The fraction of sp³-hybridized carbons (Fsp3) is 0.296. The van der Waals surface area contributed by atoms with Crippen molar-refractivity contribution in [1.29, 1.82) is 0 Å². The standard InChI is InChI=1S/C27H27N3O7S/c1-4-13-36-20-11-9-18(10-12-20)24-23(26(32)37-15-14-35-3)17(2)28-27-29(24)25(31)22(38-27)16-19-7-5-6-8-21(19)30(33)34/h5-12,16,24H,4,13-15H2,1-3H3. The summed E-state index contributed by atoms with van der Waals surface area (Å²) in [5.74, 6) is 0.0666. The zero-order chi connectivity index (χ0) is 27.2. The van der Waals surface area contributed by atoms with Crippen LogP contribution in [0.4, 0.5) is 5.69 Å². The van der Waals surface area contributed by atoms with E-state index in [-0.39, 0.29) is 29.0 Å². The minimum Gasteiger partial charge on any atom is -0.494 e. The minimum atomic E-state index is -0.811. The van der Waals surface area contributed by atoms with Crippen LogP contribution in [-0.4, -0.2) is 42.4 Å². The fourth-order valence-corrected chi connectivity index (χ4v) is 5.11. The molecule has 1 aromatic heterocycles. The Balaban J connectivity index is 1.87. The maximum atomic E-state index is 13.7. The minimum absolute atomic E-state index is 0.0464. The highest BCUT2D eigenvalue weighted by Gasteiger charge is 2.33. The lowest BCUT2D eigenvalue weighted by molar-refractivity contribution is -0.385. The topological polar surface area (TPSA) is 122 Å². The van der Waals surface area contributed by atoms with Crippen LogP contribution in [0.15, 0.2) is 69.6 Å². The highest BCUT2D eigenvalue weighted by molar-refractivity contribution is 7.07. The molecule has 3 aromatic rings. The van der Waals surface area contributed by atoms with E-state index >= 15 is 0 Å². The summed E-state index contributed by atoms with van der Waals surface area (Å²) in [5, 5.41) is 11.5.